The van der Waals surface area contributed by atoms with E-state index in [2.05, 4.69) is 15.9 Å². The fraction of sp³-hybridized carbons (Fsp3) is 0.111. The zero-order valence-electron chi connectivity index (χ0n) is 11.5. The first-order chi connectivity index (χ1) is 10.2. The van der Waals surface area contributed by atoms with Crippen molar-refractivity contribution in [3.63, 3.8) is 0 Å². The van der Waals surface area contributed by atoms with Gasteiger partial charge in [0.1, 0.15) is 11.6 Å². The van der Waals surface area contributed by atoms with Crippen molar-refractivity contribution in [1.82, 2.24) is 0 Å². The van der Waals surface area contributed by atoms with Gasteiger partial charge in [-0.3, -0.25) is 0 Å². The maximum atomic E-state index is 13.9. The van der Waals surface area contributed by atoms with Crippen LogP contribution in [0, 0.1) is 5.82 Å². The molecule has 1 atom stereocenters. The molecule has 3 rings (SSSR count). The van der Waals surface area contributed by atoms with Crippen LogP contribution in [0.5, 0.6) is 5.75 Å². The molecule has 0 saturated heterocycles. The molecule has 21 heavy (non-hydrogen) atoms. The fourth-order valence-electron chi connectivity index (χ4n) is 2.49. The Balaban J connectivity index is 2.13. The molecule has 0 aliphatic heterocycles. The highest BCUT2D eigenvalue weighted by Crippen LogP contribution is 2.37. The number of hydrogen-bond acceptors (Lipinski definition) is 1. The number of alkyl halides is 1. The standard InChI is InChI=1S/C18H14BrFO/c1-21-13-6-4-5-12(11-13)18(19)16-9-10-17(20)15-8-3-2-7-14(15)16/h2-11,18H,1H3. The molecule has 0 aliphatic rings. The lowest BCUT2D eigenvalue weighted by Gasteiger charge is -2.15. The number of hydrogen-bond donors (Lipinski definition) is 0. The Morgan fingerprint density at radius 3 is 2.48 bits per heavy atom. The summed E-state index contributed by atoms with van der Waals surface area (Å²) in [4.78, 5) is -0.0156. The lowest BCUT2D eigenvalue weighted by atomic mass is 9.98. The van der Waals surface area contributed by atoms with Crippen LogP contribution in [0.2, 0.25) is 0 Å². The number of benzene rings is 3. The minimum absolute atomic E-state index is 0.0156. The van der Waals surface area contributed by atoms with Crippen LogP contribution in [0.25, 0.3) is 10.8 Å². The van der Waals surface area contributed by atoms with Gasteiger partial charge < -0.3 is 4.74 Å². The zero-order valence-corrected chi connectivity index (χ0v) is 13.1. The molecular weight excluding hydrogens is 331 g/mol. The van der Waals surface area contributed by atoms with E-state index in [-0.39, 0.29) is 10.6 Å². The highest BCUT2D eigenvalue weighted by Gasteiger charge is 2.15. The monoisotopic (exact) mass is 344 g/mol. The van der Waals surface area contributed by atoms with E-state index in [1.807, 2.05) is 48.5 Å². The Labute approximate surface area is 131 Å². The normalized spacial score (nSPS) is 12.3. The van der Waals surface area contributed by atoms with Crippen LogP contribution in [-0.4, -0.2) is 7.11 Å². The van der Waals surface area contributed by atoms with Crippen molar-refractivity contribution in [1.29, 1.82) is 0 Å². The average molecular weight is 345 g/mol. The van der Waals surface area contributed by atoms with Gasteiger partial charge in [0.05, 0.1) is 11.9 Å². The highest BCUT2D eigenvalue weighted by atomic mass is 79.9. The number of ether oxygens (including phenoxy) is 1. The van der Waals surface area contributed by atoms with Crippen LogP contribution in [0.1, 0.15) is 16.0 Å². The molecule has 3 aromatic carbocycles. The Hall–Kier alpha value is -1.87. The molecule has 1 unspecified atom stereocenters. The highest BCUT2D eigenvalue weighted by molar-refractivity contribution is 9.09. The lowest BCUT2D eigenvalue weighted by Crippen LogP contribution is -1.96. The summed E-state index contributed by atoms with van der Waals surface area (Å²) >= 11 is 3.73. The van der Waals surface area contributed by atoms with Crippen LogP contribution in [0.15, 0.2) is 60.7 Å². The third kappa shape index (κ3) is 2.66. The van der Waals surface area contributed by atoms with Crippen LogP contribution in [0.3, 0.4) is 0 Å². The largest absolute Gasteiger partial charge is 0.497 e. The van der Waals surface area contributed by atoms with E-state index in [1.165, 1.54) is 6.07 Å². The topological polar surface area (TPSA) is 9.23 Å². The Morgan fingerprint density at radius 1 is 0.952 bits per heavy atom. The van der Waals surface area contributed by atoms with Gasteiger partial charge in [-0.2, -0.15) is 0 Å². The second-order valence-corrected chi connectivity index (χ2v) is 5.74. The molecule has 3 aromatic rings. The molecule has 0 amide bonds. The maximum Gasteiger partial charge on any atom is 0.131 e. The second-order valence-electron chi connectivity index (χ2n) is 4.82. The molecule has 0 N–H and O–H groups in total. The van der Waals surface area contributed by atoms with Crippen molar-refractivity contribution in [3.8, 4) is 5.75 Å². The summed E-state index contributed by atoms with van der Waals surface area (Å²) in [6, 6.07) is 18.8. The Bertz CT molecular complexity index is 785. The van der Waals surface area contributed by atoms with Gasteiger partial charge >= 0.3 is 0 Å². The average Bonchev–Trinajstić information content (AvgIpc) is 2.55. The lowest BCUT2D eigenvalue weighted by molar-refractivity contribution is 0.414. The summed E-state index contributed by atoms with van der Waals surface area (Å²) in [6.07, 6.45) is 0. The van der Waals surface area contributed by atoms with E-state index in [9.17, 15) is 4.39 Å². The van der Waals surface area contributed by atoms with Crippen molar-refractivity contribution in [3.05, 3.63) is 77.6 Å². The van der Waals surface area contributed by atoms with Gasteiger partial charge in [0.2, 0.25) is 0 Å². The second kappa shape index (κ2) is 5.86. The molecule has 0 aliphatic carbocycles. The predicted octanol–water partition coefficient (Wildman–Crippen LogP) is 5.47. The summed E-state index contributed by atoms with van der Waals surface area (Å²) in [7, 11) is 1.65. The van der Waals surface area contributed by atoms with Crippen molar-refractivity contribution in [2.45, 2.75) is 4.83 Å². The molecule has 0 spiro atoms. The molecule has 0 heterocycles. The molecule has 106 valence electrons. The maximum absolute atomic E-state index is 13.9. The van der Waals surface area contributed by atoms with Gasteiger partial charge in [-0.25, -0.2) is 4.39 Å². The summed E-state index contributed by atoms with van der Waals surface area (Å²) in [5.74, 6) is 0.614. The van der Waals surface area contributed by atoms with Crippen molar-refractivity contribution in [2.24, 2.45) is 0 Å². The third-order valence-corrected chi connectivity index (χ3v) is 4.59. The summed E-state index contributed by atoms with van der Waals surface area (Å²) in [5.41, 5.74) is 2.12. The third-order valence-electron chi connectivity index (χ3n) is 3.56. The summed E-state index contributed by atoms with van der Waals surface area (Å²) in [5, 5.41) is 1.56. The van der Waals surface area contributed by atoms with E-state index < -0.39 is 0 Å². The van der Waals surface area contributed by atoms with Gasteiger partial charge in [-0.05, 0) is 34.7 Å². The van der Waals surface area contributed by atoms with Gasteiger partial charge in [0.15, 0.2) is 0 Å². The molecule has 0 bridgehead atoms. The van der Waals surface area contributed by atoms with Crippen LogP contribution < -0.4 is 4.74 Å². The number of rotatable bonds is 3. The summed E-state index contributed by atoms with van der Waals surface area (Å²) in [6.45, 7) is 0. The molecular formula is C18H14BrFO. The van der Waals surface area contributed by atoms with Gasteiger partial charge in [0, 0.05) is 5.39 Å². The van der Waals surface area contributed by atoms with Crippen LogP contribution in [0.4, 0.5) is 4.39 Å². The van der Waals surface area contributed by atoms with E-state index >= 15 is 0 Å². The van der Waals surface area contributed by atoms with Crippen molar-refractivity contribution in [2.75, 3.05) is 7.11 Å². The first kappa shape index (κ1) is 14.1. The predicted molar refractivity (Wildman–Crippen MR) is 87.7 cm³/mol. The minimum Gasteiger partial charge on any atom is -0.497 e. The van der Waals surface area contributed by atoms with Gasteiger partial charge in [-0.1, -0.05) is 58.4 Å². The smallest absolute Gasteiger partial charge is 0.131 e. The summed E-state index contributed by atoms with van der Waals surface area (Å²) < 4.78 is 19.2. The molecule has 1 nitrogen and oxygen atoms in total. The molecule has 0 aromatic heterocycles. The Kier molecular flexibility index (Phi) is 3.93. The molecule has 0 fully saturated rings. The van der Waals surface area contributed by atoms with E-state index in [0.717, 1.165) is 22.3 Å². The van der Waals surface area contributed by atoms with E-state index in [4.69, 9.17) is 4.74 Å². The first-order valence-corrected chi connectivity index (χ1v) is 7.57. The first-order valence-electron chi connectivity index (χ1n) is 6.66. The molecule has 3 heteroatoms. The number of fused-ring (bicyclic) bond motifs is 1. The van der Waals surface area contributed by atoms with E-state index in [0.29, 0.717) is 5.39 Å². The van der Waals surface area contributed by atoms with Gasteiger partial charge in [-0.15, -0.1) is 0 Å². The SMILES string of the molecule is COc1cccc(C(Br)c2ccc(F)c3ccccc23)c1. The fourth-order valence-corrected chi connectivity index (χ4v) is 3.17. The van der Waals surface area contributed by atoms with E-state index in [1.54, 1.807) is 13.2 Å². The number of methoxy groups -OCH3 is 1. The quantitative estimate of drug-likeness (QED) is 0.572. The van der Waals surface area contributed by atoms with Gasteiger partial charge in [0.25, 0.3) is 0 Å². The van der Waals surface area contributed by atoms with Crippen LogP contribution in [-0.2, 0) is 0 Å². The number of halogens is 2. The van der Waals surface area contributed by atoms with Crippen molar-refractivity contribution < 1.29 is 9.13 Å². The Morgan fingerprint density at radius 2 is 1.71 bits per heavy atom. The van der Waals surface area contributed by atoms with Crippen LogP contribution >= 0.6 is 15.9 Å². The zero-order chi connectivity index (χ0) is 14.8. The molecule has 0 saturated carbocycles. The van der Waals surface area contributed by atoms with Crippen molar-refractivity contribution >= 4 is 26.7 Å². The minimum atomic E-state index is -0.195. The molecule has 0 radical (unpaired) electrons.